The average Bonchev–Trinajstić information content (AvgIpc) is 2.50. The number of nitrogen functional groups attached to an aromatic ring is 1. The normalized spacial score (nSPS) is 24.0. The van der Waals surface area contributed by atoms with Crippen LogP contribution in [0.4, 0.5) is 11.4 Å². The van der Waals surface area contributed by atoms with Crippen molar-refractivity contribution in [2.24, 2.45) is 0 Å². The van der Waals surface area contributed by atoms with Crippen LogP contribution in [0.25, 0.3) is 0 Å². The van der Waals surface area contributed by atoms with Crippen LogP contribution >= 0.6 is 0 Å². The molecule has 1 aromatic carbocycles. The number of hydrogen-bond acceptors (Lipinski definition) is 4. The summed E-state index contributed by atoms with van der Waals surface area (Å²) in [7, 11) is 0. The maximum Gasteiger partial charge on any atom is 0.337 e. The van der Waals surface area contributed by atoms with E-state index in [4.69, 9.17) is 10.8 Å². The number of benzene rings is 1. The zero-order valence-electron chi connectivity index (χ0n) is 11.1. The molecule has 104 valence electrons. The molecular weight excluding hydrogens is 244 g/mol. The second kappa shape index (κ2) is 5.09. The molecule has 0 aromatic heterocycles. The average molecular weight is 264 g/mol. The Labute approximate surface area is 112 Å². The van der Waals surface area contributed by atoms with Crippen molar-refractivity contribution >= 4 is 17.3 Å². The van der Waals surface area contributed by atoms with Crippen molar-refractivity contribution in [1.82, 2.24) is 0 Å². The summed E-state index contributed by atoms with van der Waals surface area (Å²) >= 11 is 0. The van der Waals surface area contributed by atoms with Gasteiger partial charge in [-0.1, -0.05) is 6.07 Å². The van der Waals surface area contributed by atoms with Gasteiger partial charge in [-0.3, -0.25) is 0 Å². The zero-order valence-corrected chi connectivity index (χ0v) is 11.1. The van der Waals surface area contributed by atoms with E-state index in [1.807, 2.05) is 13.0 Å². The molecule has 5 heteroatoms. The minimum atomic E-state index is -1.01. The molecule has 19 heavy (non-hydrogen) atoms. The van der Waals surface area contributed by atoms with Crippen molar-refractivity contribution < 1.29 is 15.0 Å². The van der Waals surface area contributed by atoms with Gasteiger partial charge in [-0.05, 0) is 38.3 Å². The van der Waals surface area contributed by atoms with Crippen LogP contribution in [-0.2, 0) is 0 Å². The number of carbonyl (C=O) groups is 1. The first-order valence-corrected chi connectivity index (χ1v) is 6.50. The predicted octanol–water partition coefficient (Wildman–Crippen LogP) is 1.71. The van der Waals surface area contributed by atoms with E-state index in [2.05, 4.69) is 4.90 Å². The molecule has 1 saturated heterocycles. The van der Waals surface area contributed by atoms with Crippen LogP contribution in [0.3, 0.4) is 0 Å². The molecule has 1 atom stereocenters. The van der Waals surface area contributed by atoms with Crippen molar-refractivity contribution in [2.45, 2.75) is 31.8 Å². The first-order chi connectivity index (χ1) is 8.91. The molecule has 0 amide bonds. The zero-order chi connectivity index (χ0) is 14.0. The third kappa shape index (κ3) is 2.98. The number of rotatable bonds is 2. The highest BCUT2D eigenvalue weighted by Crippen LogP contribution is 2.30. The summed E-state index contributed by atoms with van der Waals surface area (Å²) in [6, 6.07) is 5.05. The monoisotopic (exact) mass is 264 g/mol. The van der Waals surface area contributed by atoms with Crippen LogP contribution in [-0.4, -0.2) is 34.9 Å². The van der Waals surface area contributed by atoms with Crippen LogP contribution in [0.2, 0.25) is 0 Å². The lowest BCUT2D eigenvalue weighted by molar-refractivity contribution is 0.0481. The summed E-state index contributed by atoms with van der Waals surface area (Å²) in [6.07, 6.45) is 2.27. The smallest absolute Gasteiger partial charge is 0.337 e. The van der Waals surface area contributed by atoms with E-state index in [1.54, 1.807) is 6.07 Å². The van der Waals surface area contributed by atoms with E-state index in [9.17, 15) is 9.90 Å². The van der Waals surface area contributed by atoms with Crippen molar-refractivity contribution in [2.75, 3.05) is 23.7 Å². The van der Waals surface area contributed by atoms with Gasteiger partial charge >= 0.3 is 5.97 Å². The Kier molecular flexibility index (Phi) is 3.66. The molecule has 4 N–H and O–H groups in total. The largest absolute Gasteiger partial charge is 0.478 e. The van der Waals surface area contributed by atoms with Gasteiger partial charge in [0, 0.05) is 13.1 Å². The quantitative estimate of drug-likeness (QED) is 0.708. The second-order valence-corrected chi connectivity index (χ2v) is 5.38. The summed E-state index contributed by atoms with van der Waals surface area (Å²) < 4.78 is 0. The number of carboxylic acid groups (broad SMARTS) is 1. The lowest BCUT2D eigenvalue weighted by Crippen LogP contribution is -2.29. The topological polar surface area (TPSA) is 86.8 Å². The van der Waals surface area contributed by atoms with Gasteiger partial charge in [0.25, 0.3) is 0 Å². The van der Waals surface area contributed by atoms with Gasteiger partial charge < -0.3 is 20.8 Å². The molecule has 0 saturated carbocycles. The Hall–Kier alpha value is -1.75. The SMILES string of the molecule is CC1(O)CCCN(c2cccc(C(=O)O)c2N)CC1. The number of aliphatic hydroxyl groups is 1. The molecule has 2 rings (SSSR count). The van der Waals surface area contributed by atoms with Gasteiger partial charge in [-0.2, -0.15) is 0 Å². The molecule has 0 radical (unpaired) electrons. The molecule has 1 fully saturated rings. The van der Waals surface area contributed by atoms with Gasteiger partial charge in [-0.15, -0.1) is 0 Å². The second-order valence-electron chi connectivity index (χ2n) is 5.38. The van der Waals surface area contributed by atoms with Crippen LogP contribution in [0.5, 0.6) is 0 Å². The fraction of sp³-hybridized carbons (Fsp3) is 0.500. The summed E-state index contributed by atoms with van der Waals surface area (Å²) in [5, 5.41) is 19.2. The van der Waals surface area contributed by atoms with Crippen LogP contribution in [0, 0.1) is 0 Å². The van der Waals surface area contributed by atoms with Crippen molar-refractivity contribution in [3.05, 3.63) is 23.8 Å². The summed E-state index contributed by atoms with van der Waals surface area (Å²) in [6.45, 7) is 3.30. The number of carboxylic acids is 1. The van der Waals surface area contributed by atoms with Crippen molar-refractivity contribution in [3.8, 4) is 0 Å². The molecule has 1 aliphatic rings. The molecule has 0 bridgehead atoms. The van der Waals surface area contributed by atoms with Crippen LogP contribution < -0.4 is 10.6 Å². The van der Waals surface area contributed by atoms with Gasteiger partial charge in [0.15, 0.2) is 0 Å². The Bertz CT molecular complexity index is 486. The fourth-order valence-electron chi connectivity index (χ4n) is 2.52. The molecule has 1 heterocycles. The number of anilines is 2. The number of para-hydroxylation sites is 1. The highest BCUT2D eigenvalue weighted by atomic mass is 16.4. The third-order valence-electron chi connectivity index (χ3n) is 3.72. The van der Waals surface area contributed by atoms with Crippen LogP contribution in [0.1, 0.15) is 36.5 Å². The number of nitrogens with two attached hydrogens (primary N) is 1. The van der Waals surface area contributed by atoms with Gasteiger partial charge in [0.2, 0.25) is 0 Å². The molecule has 5 nitrogen and oxygen atoms in total. The lowest BCUT2D eigenvalue weighted by atomic mass is 9.98. The first-order valence-electron chi connectivity index (χ1n) is 6.50. The summed E-state index contributed by atoms with van der Waals surface area (Å²) in [4.78, 5) is 13.1. The Balaban J connectivity index is 2.27. The Morgan fingerprint density at radius 3 is 2.79 bits per heavy atom. The van der Waals surface area contributed by atoms with Crippen molar-refractivity contribution in [1.29, 1.82) is 0 Å². The van der Waals surface area contributed by atoms with E-state index in [0.717, 1.165) is 25.1 Å². The number of nitrogens with zero attached hydrogens (tertiary/aromatic N) is 1. The summed E-state index contributed by atoms with van der Waals surface area (Å²) in [5.74, 6) is -1.01. The minimum absolute atomic E-state index is 0.133. The lowest BCUT2D eigenvalue weighted by Gasteiger charge is -2.26. The molecule has 1 unspecified atom stereocenters. The number of hydrogen-bond donors (Lipinski definition) is 3. The molecule has 0 spiro atoms. The van der Waals surface area contributed by atoms with Crippen molar-refractivity contribution in [3.63, 3.8) is 0 Å². The Morgan fingerprint density at radius 2 is 2.11 bits per heavy atom. The van der Waals surface area contributed by atoms with E-state index in [1.165, 1.54) is 6.07 Å². The summed E-state index contributed by atoms with van der Waals surface area (Å²) in [5.41, 5.74) is 6.49. The molecule has 0 aliphatic carbocycles. The van der Waals surface area contributed by atoms with Gasteiger partial charge in [-0.25, -0.2) is 4.79 Å². The molecule has 1 aliphatic heterocycles. The number of aromatic carboxylic acids is 1. The van der Waals surface area contributed by atoms with E-state index in [-0.39, 0.29) is 5.56 Å². The Morgan fingerprint density at radius 1 is 1.37 bits per heavy atom. The highest BCUT2D eigenvalue weighted by molar-refractivity contribution is 5.97. The van der Waals surface area contributed by atoms with Gasteiger partial charge in [0.05, 0.1) is 22.5 Å². The molecule has 1 aromatic rings. The van der Waals surface area contributed by atoms with E-state index in [0.29, 0.717) is 18.7 Å². The standard InChI is InChI=1S/C14H20N2O3/c1-14(19)6-3-8-16(9-7-14)11-5-2-4-10(12(11)15)13(17)18/h2,4-5,19H,3,6-9,15H2,1H3,(H,17,18). The van der Waals surface area contributed by atoms with Crippen LogP contribution in [0.15, 0.2) is 18.2 Å². The minimum Gasteiger partial charge on any atom is -0.478 e. The van der Waals surface area contributed by atoms with E-state index >= 15 is 0 Å². The van der Waals surface area contributed by atoms with E-state index < -0.39 is 11.6 Å². The fourth-order valence-corrected chi connectivity index (χ4v) is 2.52. The molecular formula is C14H20N2O3. The maximum atomic E-state index is 11.1. The van der Waals surface area contributed by atoms with Gasteiger partial charge in [0.1, 0.15) is 0 Å². The maximum absolute atomic E-state index is 11.1. The first kappa shape index (κ1) is 13.7. The predicted molar refractivity (Wildman–Crippen MR) is 74.5 cm³/mol. The third-order valence-corrected chi connectivity index (χ3v) is 3.72. The highest BCUT2D eigenvalue weighted by Gasteiger charge is 2.26.